The molecule has 6 fully saturated rings. The number of aliphatic hydroxyl groups is 1. The number of hydrogen-bond donors (Lipinski definition) is 4. The van der Waals surface area contributed by atoms with E-state index >= 15 is 0 Å². The second-order valence-corrected chi connectivity index (χ2v) is 12.1. The number of aliphatic hydroxyl groups excluding tert-OH is 1. The van der Waals surface area contributed by atoms with Gasteiger partial charge in [0.15, 0.2) is 5.78 Å². The second kappa shape index (κ2) is 7.81. The van der Waals surface area contributed by atoms with Crippen LogP contribution < -0.4 is 15.4 Å². The van der Waals surface area contributed by atoms with Crippen molar-refractivity contribution < 1.29 is 29.0 Å². The zero-order valence-electron chi connectivity index (χ0n) is 21.3. The van der Waals surface area contributed by atoms with Gasteiger partial charge >= 0.3 is 0 Å². The molecule has 3 amide bonds. The van der Waals surface area contributed by atoms with Crippen LogP contribution in [-0.4, -0.2) is 76.9 Å². The van der Waals surface area contributed by atoms with Gasteiger partial charge in [-0.15, -0.1) is 0 Å². The summed E-state index contributed by atoms with van der Waals surface area (Å²) in [4.78, 5) is 58.1. The topological polar surface area (TPSA) is 141 Å². The molecule has 4 heterocycles. The Kier molecular flexibility index (Phi) is 4.87. The van der Waals surface area contributed by atoms with E-state index in [1.54, 1.807) is 18.1 Å². The first-order valence-corrected chi connectivity index (χ1v) is 13.5. The third-order valence-corrected chi connectivity index (χ3v) is 10.1. The van der Waals surface area contributed by atoms with E-state index in [0.717, 1.165) is 23.7 Å². The van der Waals surface area contributed by atoms with Gasteiger partial charge < -0.3 is 30.4 Å². The summed E-state index contributed by atoms with van der Waals surface area (Å²) in [6.07, 6.45) is 4.48. The Balaban J connectivity index is 1.19. The van der Waals surface area contributed by atoms with Crippen LogP contribution >= 0.6 is 0 Å². The number of ether oxygens (including phenoxy) is 1. The zero-order valence-corrected chi connectivity index (χ0v) is 21.3. The van der Waals surface area contributed by atoms with Crippen molar-refractivity contribution in [3.63, 3.8) is 0 Å². The molecule has 8 rings (SSSR count). The van der Waals surface area contributed by atoms with Gasteiger partial charge in [-0.2, -0.15) is 0 Å². The predicted molar refractivity (Wildman–Crippen MR) is 135 cm³/mol. The second-order valence-electron chi connectivity index (χ2n) is 12.1. The van der Waals surface area contributed by atoms with Crippen molar-refractivity contribution in [3.8, 4) is 5.75 Å². The van der Waals surface area contributed by atoms with Crippen molar-refractivity contribution in [2.45, 2.75) is 50.1 Å². The van der Waals surface area contributed by atoms with Crippen LogP contribution in [0.15, 0.2) is 24.3 Å². The largest absolute Gasteiger partial charge is 0.496 e. The van der Waals surface area contributed by atoms with E-state index in [1.165, 1.54) is 0 Å². The van der Waals surface area contributed by atoms with E-state index in [4.69, 9.17) is 4.74 Å². The lowest BCUT2D eigenvalue weighted by molar-refractivity contribution is -0.140. The molecule has 1 unspecified atom stereocenters. The van der Waals surface area contributed by atoms with E-state index in [2.05, 4.69) is 15.6 Å². The highest BCUT2D eigenvalue weighted by atomic mass is 16.5. The molecule has 10 heteroatoms. The fraction of sp³-hybridized carbons (Fsp3) is 0.571. The number of hydrogen-bond acceptors (Lipinski definition) is 6. The highest BCUT2D eigenvalue weighted by Gasteiger charge is 2.74. The van der Waals surface area contributed by atoms with Crippen LogP contribution in [0.4, 0.5) is 0 Å². The minimum atomic E-state index is -1.05. The number of H-pyrrole nitrogens is 1. The van der Waals surface area contributed by atoms with Crippen LogP contribution in [0, 0.1) is 22.7 Å². The van der Waals surface area contributed by atoms with Gasteiger partial charge in [0.05, 0.1) is 18.6 Å². The molecule has 2 bridgehead atoms. The molecule has 38 heavy (non-hydrogen) atoms. The molecule has 3 saturated carbocycles. The third-order valence-electron chi connectivity index (χ3n) is 10.1. The molecule has 3 aliphatic heterocycles. The van der Waals surface area contributed by atoms with Crippen molar-refractivity contribution in [2.24, 2.45) is 22.7 Å². The monoisotopic (exact) mass is 520 g/mol. The smallest absolute Gasteiger partial charge is 0.271 e. The molecule has 6 aliphatic rings. The van der Waals surface area contributed by atoms with Crippen LogP contribution in [0.2, 0.25) is 0 Å². The molecular weight excluding hydrogens is 488 g/mol. The number of ketones is 1. The minimum absolute atomic E-state index is 0.0701. The van der Waals surface area contributed by atoms with Crippen LogP contribution in [0.1, 0.15) is 49.0 Å². The van der Waals surface area contributed by atoms with Gasteiger partial charge in [-0.1, -0.05) is 6.07 Å². The summed E-state index contributed by atoms with van der Waals surface area (Å²) in [6.45, 7) is 0.344. The summed E-state index contributed by atoms with van der Waals surface area (Å²) >= 11 is 0. The lowest BCUT2D eigenvalue weighted by Gasteiger charge is -2.47. The number of nitrogens with one attached hydrogen (secondary N) is 3. The SMILES string of the molecule is COc1cccc2[nH]c(C(=O)N3CC4(C5CC5)CC3(C(=O)N[C@H](C(=O)CO)C3C[C@@]35CCNC5=O)C4)cc12. The van der Waals surface area contributed by atoms with E-state index in [0.29, 0.717) is 56.1 Å². The first kappa shape index (κ1) is 23.7. The zero-order chi connectivity index (χ0) is 26.4. The Morgan fingerprint density at radius 2 is 2.05 bits per heavy atom. The van der Waals surface area contributed by atoms with Crippen LogP contribution in [-0.2, 0) is 14.4 Å². The molecule has 3 saturated heterocycles. The summed E-state index contributed by atoms with van der Waals surface area (Å²) in [6, 6.07) is 6.39. The van der Waals surface area contributed by atoms with Crippen LogP contribution in [0.5, 0.6) is 5.75 Å². The Labute approximate surface area is 219 Å². The number of methoxy groups -OCH3 is 1. The van der Waals surface area contributed by atoms with E-state index < -0.39 is 29.4 Å². The fourth-order valence-corrected chi connectivity index (χ4v) is 7.90. The molecule has 2 aromatic rings. The Bertz CT molecular complexity index is 1390. The number of nitrogens with zero attached hydrogens (tertiary/aromatic N) is 1. The molecule has 3 aliphatic carbocycles. The summed E-state index contributed by atoms with van der Waals surface area (Å²) in [5, 5.41) is 16.2. The van der Waals surface area contributed by atoms with E-state index in [-0.39, 0.29) is 29.1 Å². The average Bonchev–Trinajstić information content (AvgIpc) is 3.70. The minimum Gasteiger partial charge on any atom is -0.496 e. The first-order chi connectivity index (χ1) is 18.3. The van der Waals surface area contributed by atoms with Crippen molar-refractivity contribution in [3.05, 3.63) is 30.0 Å². The maximum absolute atomic E-state index is 14.0. The van der Waals surface area contributed by atoms with Crippen molar-refractivity contribution in [2.75, 3.05) is 26.8 Å². The predicted octanol–water partition coefficient (Wildman–Crippen LogP) is 1.13. The van der Waals surface area contributed by atoms with E-state index in [1.807, 2.05) is 18.2 Å². The molecule has 4 N–H and O–H groups in total. The number of aromatic amines is 1. The molecular formula is C28H32N4O6. The first-order valence-electron chi connectivity index (χ1n) is 13.5. The molecule has 3 atom stereocenters. The van der Waals surface area contributed by atoms with Gasteiger partial charge in [-0.25, -0.2) is 0 Å². The van der Waals surface area contributed by atoms with Crippen molar-refractivity contribution in [1.29, 1.82) is 0 Å². The molecule has 1 aromatic heterocycles. The van der Waals surface area contributed by atoms with Crippen LogP contribution in [0.25, 0.3) is 10.9 Å². The fourth-order valence-electron chi connectivity index (χ4n) is 7.90. The number of amides is 3. The number of fused-ring (bicyclic) bond motifs is 2. The molecule has 1 aromatic carbocycles. The highest BCUT2D eigenvalue weighted by molar-refractivity contribution is 6.04. The number of carbonyl (C=O) groups is 4. The van der Waals surface area contributed by atoms with Gasteiger partial charge in [-0.3, -0.25) is 19.2 Å². The highest BCUT2D eigenvalue weighted by Crippen LogP contribution is 2.68. The van der Waals surface area contributed by atoms with Crippen molar-refractivity contribution in [1.82, 2.24) is 20.5 Å². The normalized spacial score (nSPS) is 33.7. The summed E-state index contributed by atoms with van der Waals surface area (Å²) in [7, 11) is 1.58. The van der Waals surface area contributed by atoms with E-state index in [9.17, 15) is 24.3 Å². The molecule has 1 spiro atoms. The third kappa shape index (κ3) is 3.09. The van der Waals surface area contributed by atoms with Gasteiger partial charge in [0, 0.05) is 29.9 Å². The van der Waals surface area contributed by atoms with Crippen molar-refractivity contribution >= 4 is 34.4 Å². The van der Waals surface area contributed by atoms with Crippen LogP contribution in [0.3, 0.4) is 0 Å². The van der Waals surface area contributed by atoms with Gasteiger partial charge in [0.1, 0.15) is 23.6 Å². The van der Waals surface area contributed by atoms with Gasteiger partial charge in [0.25, 0.3) is 5.91 Å². The number of rotatable bonds is 8. The summed E-state index contributed by atoms with van der Waals surface area (Å²) < 4.78 is 5.45. The maximum Gasteiger partial charge on any atom is 0.271 e. The Morgan fingerprint density at radius 1 is 1.26 bits per heavy atom. The molecule has 200 valence electrons. The Hall–Kier alpha value is -3.40. The lowest BCUT2D eigenvalue weighted by Crippen LogP contribution is -2.63. The quantitative estimate of drug-likeness (QED) is 0.411. The maximum atomic E-state index is 14.0. The number of benzene rings is 1. The number of carbonyl (C=O) groups excluding carboxylic acids is 4. The molecule has 10 nitrogen and oxygen atoms in total. The van der Waals surface area contributed by atoms with Gasteiger partial charge in [-0.05, 0) is 68.1 Å². The standard InChI is InChI=1S/C28H32N4O6/c1-38-21-4-2-3-18-16(21)9-19(30-18)23(35)32-14-26(15-5-6-15)12-28(32,13-26)25(37)31-22(20(34)11-33)17-10-27(17)7-8-29-24(27)36/h2-4,9,15,17,22,30,33H,5-8,10-14H2,1H3,(H,29,36)(H,31,37)/t17?,22-,26?,27-,28?/m0/s1. The van der Waals surface area contributed by atoms with Gasteiger partial charge in [0.2, 0.25) is 11.8 Å². The Morgan fingerprint density at radius 3 is 2.71 bits per heavy atom. The summed E-state index contributed by atoms with van der Waals surface area (Å²) in [5.41, 5.74) is -0.597. The number of Topliss-reactive ketones (excluding diaryl/α,β-unsaturated/α-hetero) is 1. The molecule has 0 radical (unpaired) electrons. The summed E-state index contributed by atoms with van der Waals surface area (Å²) in [5.74, 6) is -0.373. The number of aromatic nitrogens is 1. The lowest BCUT2D eigenvalue weighted by atomic mass is 9.59. The average molecular weight is 521 g/mol.